The van der Waals surface area contributed by atoms with Crippen LogP contribution in [0.3, 0.4) is 0 Å². The lowest BCUT2D eigenvalue weighted by atomic mass is 10.2. The fourth-order valence-corrected chi connectivity index (χ4v) is 3.18. The number of amides is 1. The van der Waals surface area contributed by atoms with Gasteiger partial charge in [-0.05, 0) is 49.7 Å². The van der Waals surface area contributed by atoms with Gasteiger partial charge in [0.15, 0.2) is 0 Å². The molecule has 0 radical (unpaired) electrons. The van der Waals surface area contributed by atoms with Crippen molar-refractivity contribution in [2.24, 2.45) is 0 Å². The molecule has 1 amide bonds. The van der Waals surface area contributed by atoms with E-state index in [0.717, 1.165) is 29.0 Å². The summed E-state index contributed by atoms with van der Waals surface area (Å²) in [5, 5.41) is 3.72. The van der Waals surface area contributed by atoms with Crippen molar-refractivity contribution in [3.8, 4) is 5.75 Å². The van der Waals surface area contributed by atoms with Gasteiger partial charge in [0.2, 0.25) is 5.91 Å². The third-order valence-corrected chi connectivity index (χ3v) is 4.58. The van der Waals surface area contributed by atoms with Crippen LogP contribution in [-0.2, 0) is 11.3 Å². The molecule has 0 spiro atoms. The van der Waals surface area contributed by atoms with Crippen molar-refractivity contribution in [1.29, 1.82) is 0 Å². The Morgan fingerprint density at radius 3 is 2.70 bits per heavy atom. The Hall–Kier alpha value is -2.53. The number of para-hydroxylation sites is 2. The number of hydrogen-bond donors (Lipinski definition) is 1. The lowest BCUT2D eigenvalue weighted by Gasteiger charge is -2.16. The smallest absolute Gasteiger partial charge is 0.220 e. The first-order chi connectivity index (χ1) is 13.1. The van der Waals surface area contributed by atoms with Crippen molar-refractivity contribution in [3.63, 3.8) is 0 Å². The van der Waals surface area contributed by atoms with Gasteiger partial charge in [0.1, 0.15) is 18.2 Å². The zero-order valence-corrected chi connectivity index (χ0v) is 16.4. The number of halogens is 1. The summed E-state index contributed by atoms with van der Waals surface area (Å²) in [6, 6.07) is 15.1. The number of hydrogen-bond acceptors (Lipinski definition) is 3. The molecule has 1 atom stereocenters. The van der Waals surface area contributed by atoms with Gasteiger partial charge >= 0.3 is 0 Å². The quantitative estimate of drug-likeness (QED) is 0.609. The third kappa shape index (κ3) is 4.80. The second-order valence-corrected chi connectivity index (χ2v) is 6.89. The summed E-state index contributed by atoms with van der Waals surface area (Å²) in [7, 11) is 0. The van der Waals surface area contributed by atoms with Gasteiger partial charge in [-0.25, -0.2) is 4.98 Å². The molecule has 0 saturated heterocycles. The number of aromatic nitrogens is 2. The Balaban J connectivity index is 1.77. The summed E-state index contributed by atoms with van der Waals surface area (Å²) in [6.45, 7) is 5.08. The highest BCUT2D eigenvalue weighted by molar-refractivity contribution is 6.30. The van der Waals surface area contributed by atoms with Gasteiger partial charge < -0.3 is 14.6 Å². The van der Waals surface area contributed by atoms with E-state index in [1.54, 1.807) is 12.1 Å². The number of benzene rings is 2. The molecule has 0 saturated carbocycles. The molecule has 0 fully saturated rings. The van der Waals surface area contributed by atoms with E-state index in [1.165, 1.54) is 0 Å². The predicted molar refractivity (Wildman–Crippen MR) is 108 cm³/mol. The number of nitrogens with one attached hydrogen (secondary N) is 1. The van der Waals surface area contributed by atoms with E-state index >= 15 is 0 Å². The van der Waals surface area contributed by atoms with E-state index in [1.807, 2.05) is 50.2 Å². The van der Waals surface area contributed by atoms with Crippen LogP contribution < -0.4 is 10.1 Å². The normalized spacial score (nSPS) is 12.1. The van der Waals surface area contributed by atoms with Gasteiger partial charge in [-0.3, -0.25) is 4.79 Å². The van der Waals surface area contributed by atoms with Gasteiger partial charge in [0.25, 0.3) is 0 Å². The van der Waals surface area contributed by atoms with E-state index in [-0.39, 0.29) is 11.9 Å². The molecule has 142 valence electrons. The van der Waals surface area contributed by atoms with Crippen molar-refractivity contribution in [3.05, 3.63) is 59.4 Å². The van der Waals surface area contributed by atoms with Crippen molar-refractivity contribution in [2.75, 3.05) is 6.61 Å². The van der Waals surface area contributed by atoms with Crippen molar-refractivity contribution < 1.29 is 9.53 Å². The monoisotopic (exact) mass is 385 g/mol. The van der Waals surface area contributed by atoms with Crippen LogP contribution in [-0.4, -0.2) is 22.1 Å². The Bertz CT molecular complexity index is 905. The molecule has 0 aliphatic heterocycles. The first-order valence-electron chi connectivity index (χ1n) is 9.21. The largest absolute Gasteiger partial charge is 0.492 e. The lowest BCUT2D eigenvalue weighted by molar-refractivity contribution is -0.121. The minimum atomic E-state index is -0.174. The van der Waals surface area contributed by atoms with E-state index in [9.17, 15) is 4.79 Å². The summed E-state index contributed by atoms with van der Waals surface area (Å²) in [4.78, 5) is 16.7. The van der Waals surface area contributed by atoms with Gasteiger partial charge in [0.05, 0.1) is 23.6 Å². The van der Waals surface area contributed by atoms with Crippen LogP contribution in [0.25, 0.3) is 11.0 Å². The molecule has 6 heteroatoms. The molecular formula is C21H24ClN3O2. The van der Waals surface area contributed by atoms with Crippen LogP contribution in [0.5, 0.6) is 5.75 Å². The van der Waals surface area contributed by atoms with Crippen molar-refractivity contribution in [1.82, 2.24) is 14.9 Å². The maximum absolute atomic E-state index is 12.0. The van der Waals surface area contributed by atoms with Crippen LogP contribution in [0.1, 0.15) is 38.6 Å². The van der Waals surface area contributed by atoms with Crippen molar-refractivity contribution in [2.45, 2.75) is 39.3 Å². The number of ether oxygens (including phenoxy) is 1. The molecule has 2 aromatic carbocycles. The minimum absolute atomic E-state index is 0.0426. The second-order valence-electron chi connectivity index (χ2n) is 6.45. The fraction of sp³-hybridized carbons (Fsp3) is 0.333. The summed E-state index contributed by atoms with van der Waals surface area (Å²) in [5.41, 5.74) is 1.94. The predicted octanol–water partition coefficient (Wildman–Crippen LogP) is 4.75. The molecule has 0 aliphatic rings. The molecule has 3 aromatic rings. The van der Waals surface area contributed by atoms with Crippen molar-refractivity contribution >= 4 is 28.5 Å². The molecular weight excluding hydrogens is 362 g/mol. The second kappa shape index (κ2) is 8.91. The van der Waals surface area contributed by atoms with Gasteiger partial charge in [0, 0.05) is 11.4 Å². The molecule has 1 unspecified atom stereocenters. The standard InChI is InChI=1S/C21H24ClN3O2/c1-3-6-20(26)23-15(2)21-24-18-7-4-5-8-19(18)25(21)13-14-27-17-11-9-16(22)10-12-17/h4-5,7-12,15H,3,6,13-14H2,1-2H3,(H,23,26). The SMILES string of the molecule is CCCC(=O)NC(C)c1nc2ccccc2n1CCOc1ccc(Cl)cc1. The zero-order chi connectivity index (χ0) is 19.2. The molecule has 0 bridgehead atoms. The van der Waals surface area contributed by atoms with Crippen LogP contribution in [0.4, 0.5) is 0 Å². The first kappa shape index (κ1) is 19.2. The third-order valence-electron chi connectivity index (χ3n) is 4.32. The zero-order valence-electron chi connectivity index (χ0n) is 15.6. The summed E-state index contributed by atoms with van der Waals surface area (Å²) >= 11 is 5.91. The van der Waals surface area contributed by atoms with Crippen LogP contribution in [0, 0.1) is 0 Å². The molecule has 27 heavy (non-hydrogen) atoms. The average molecular weight is 386 g/mol. The molecule has 1 aromatic heterocycles. The highest BCUT2D eigenvalue weighted by Crippen LogP contribution is 2.21. The molecule has 1 heterocycles. The van der Waals surface area contributed by atoms with Gasteiger partial charge in [-0.2, -0.15) is 0 Å². The fourth-order valence-electron chi connectivity index (χ4n) is 3.05. The summed E-state index contributed by atoms with van der Waals surface area (Å²) in [5.74, 6) is 1.65. The Kier molecular flexibility index (Phi) is 6.35. The van der Waals surface area contributed by atoms with Crippen LogP contribution in [0.2, 0.25) is 5.02 Å². The number of fused-ring (bicyclic) bond motifs is 1. The van der Waals surface area contributed by atoms with E-state index in [0.29, 0.717) is 24.6 Å². The maximum Gasteiger partial charge on any atom is 0.220 e. The summed E-state index contributed by atoms with van der Waals surface area (Å²) in [6.07, 6.45) is 1.34. The minimum Gasteiger partial charge on any atom is -0.492 e. The Labute approximate surface area is 164 Å². The number of rotatable bonds is 8. The molecule has 0 aliphatic carbocycles. The number of imidazole rings is 1. The average Bonchev–Trinajstić information content (AvgIpc) is 3.02. The molecule has 5 nitrogen and oxygen atoms in total. The van der Waals surface area contributed by atoms with E-state index in [2.05, 4.69) is 9.88 Å². The Morgan fingerprint density at radius 2 is 1.96 bits per heavy atom. The highest BCUT2D eigenvalue weighted by Gasteiger charge is 2.18. The summed E-state index contributed by atoms with van der Waals surface area (Å²) < 4.78 is 7.96. The molecule has 3 rings (SSSR count). The Morgan fingerprint density at radius 1 is 1.22 bits per heavy atom. The first-order valence-corrected chi connectivity index (χ1v) is 9.59. The number of nitrogens with zero attached hydrogens (tertiary/aromatic N) is 2. The molecule has 1 N–H and O–H groups in total. The van der Waals surface area contributed by atoms with Gasteiger partial charge in [-0.1, -0.05) is 30.7 Å². The van der Waals surface area contributed by atoms with E-state index in [4.69, 9.17) is 21.3 Å². The van der Waals surface area contributed by atoms with Gasteiger partial charge in [-0.15, -0.1) is 0 Å². The van der Waals surface area contributed by atoms with Crippen LogP contribution in [0.15, 0.2) is 48.5 Å². The van der Waals surface area contributed by atoms with E-state index < -0.39 is 0 Å². The number of carbonyl (C=O) groups is 1. The number of carbonyl (C=O) groups excluding carboxylic acids is 1. The topological polar surface area (TPSA) is 56.2 Å². The van der Waals surface area contributed by atoms with Crippen LogP contribution >= 0.6 is 11.6 Å². The lowest BCUT2D eigenvalue weighted by Crippen LogP contribution is -2.28. The highest BCUT2D eigenvalue weighted by atomic mass is 35.5. The maximum atomic E-state index is 12.0.